The molecule has 0 aliphatic heterocycles. The van der Waals surface area contributed by atoms with Crippen molar-refractivity contribution in [2.45, 2.75) is 32.2 Å². The summed E-state index contributed by atoms with van der Waals surface area (Å²) in [6, 6.07) is 1.94. The summed E-state index contributed by atoms with van der Waals surface area (Å²) in [6.45, 7) is 4.48. The maximum Gasteiger partial charge on any atom is 0.190 e. The van der Waals surface area contributed by atoms with Crippen LogP contribution < -0.4 is 10.6 Å². The molecule has 1 aromatic heterocycles. The van der Waals surface area contributed by atoms with Gasteiger partial charge in [0.1, 0.15) is 0 Å². The van der Waals surface area contributed by atoms with Gasteiger partial charge in [-0.15, -0.1) is 24.0 Å². The third-order valence-electron chi connectivity index (χ3n) is 3.45. The molecule has 1 aromatic rings. The topological polar surface area (TPSA) is 63.5 Å². The summed E-state index contributed by atoms with van der Waals surface area (Å²) in [5.41, 5.74) is 0. The van der Waals surface area contributed by atoms with E-state index < -0.39 is 0 Å². The zero-order valence-electron chi connectivity index (χ0n) is 13.3. The van der Waals surface area contributed by atoms with E-state index in [0.29, 0.717) is 0 Å². The number of hydrogen-bond donors (Lipinski definition) is 2. The molecule has 126 valence electrons. The standard InChI is InChI=1S/C15H27N5O.HI/c1-16-15(17-7-2-10-20-11-3-9-19-20)18-8-4-12-21-13-14-5-6-14;/h3,9,11,14H,2,4-8,10,12-13H2,1H3,(H2,16,17,18);1H. The van der Waals surface area contributed by atoms with Gasteiger partial charge in [-0.2, -0.15) is 5.10 Å². The van der Waals surface area contributed by atoms with Crippen molar-refractivity contribution in [2.24, 2.45) is 10.9 Å². The van der Waals surface area contributed by atoms with Crippen LogP contribution in [0, 0.1) is 5.92 Å². The van der Waals surface area contributed by atoms with E-state index in [-0.39, 0.29) is 24.0 Å². The summed E-state index contributed by atoms with van der Waals surface area (Å²) in [5.74, 6) is 1.71. The highest BCUT2D eigenvalue weighted by atomic mass is 127. The van der Waals surface area contributed by atoms with E-state index in [0.717, 1.165) is 57.6 Å². The number of nitrogens with zero attached hydrogens (tertiary/aromatic N) is 3. The molecule has 0 radical (unpaired) electrons. The Balaban J connectivity index is 0.00000242. The van der Waals surface area contributed by atoms with Crippen LogP contribution in [-0.2, 0) is 11.3 Å². The van der Waals surface area contributed by atoms with E-state index in [1.807, 2.05) is 16.9 Å². The molecule has 0 saturated heterocycles. The molecular formula is C15H28IN5O. The van der Waals surface area contributed by atoms with Crippen molar-refractivity contribution in [1.29, 1.82) is 0 Å². The van der Waals surface area contributed by atoms with Crippen molar-refractivity contribution in [3.63, 3.8) is 0 Å². The molecule has 0 bridgehead atoms. The Bertz CT molecular complexity index is 406. The van der Waals surface area contributed by atoms with Gasteiger partial charge in [-0.1, -0.05) is 0 Å². The molecule has 6 nitrogen and oxygen atoms in total. The Hall–Kier alpha value is -0.830. The lowest BCUT2D eigenvalue weighted by Crippen LogP contribution is -2.38. The SMILES string of the molecule is CN=C(NCCCOCC1CC1)NCCCn1cccn1.I. The van der Waals surface area contributed by atoms with Crippen LogP contribution in [-0.4, -0.2) is 49.1 Å². The van der Waals surface area contributed by atoms with Crippen molar-refractivity contribution < 1.29 is 4.74 Å². The first-order chi connectivity index (χ1) is 10.4. The Morgan fingerprint density at radius 2 is 2.09 bits per heavy atom. The first-order valence-corrected chi connectivity index (χ1v) is 7.88. The molecule has 1 saturated carbocycles. The van der Waals surface area contributed by atoms with Gasteiger partial charge in [-0.3, -0.25) is 9.67 Å². The molecule has 0 aromatic carbocycles. The van der Waals surface area contributed by atoms with Crippen LogP contribution in [0.25, 0.3) is 0 Å². The minimum Gasteiger partial charge on any atom is -0.381 e. The van der Waals surface area contributed by atoms with Crippen LogP contribution >= 0.6 is 24.0 Å². The van der Waals surface area contributed by atoms with Gasteiger partial charge < -0.3 is 15.4 Å². The second-order valence-corrected chi connectivity index (χ2v) is 5.42. The number of ether oxygens (including phenoxy) is 1. The Kier molecular flexibility index (Phi) is 10.2. The lowest BCUT2D eigenvalue weighted by molar-refractivity contribution is 0.123. The highest BCUT2D eigenvalue weighted by Gasteiger charge is 2.20. The second-order valence-electron chi connectivity index (χ2n) is 5.42. The van der Waals surface area contributed by atoms with Crippen molar-refractivity contribution in [2.75, 3.05) is 33.4 Å². The predicted octanol–water partition coefficient (Wildman–Crippen LogP) is 1.87. The summed E-state index contributed by atoms with van der Waals surface area (Å²) in [4.78, 5) is 4.21. The van der Waals surface area contributed by atoms with Gasteiger partial charge >= 0.3 is 0 Å². The van der Waals surface area contributed by atoms with Gasteiger partial charge in [0.05, 0.1) is 0 Å². The fourth-order valence-corrected chi connectivity index (χ4v) is 2.02. The van der Waals surface area contributed by atoms with E-state index in [1.165, 1.54) is 12.8 Å². The number of aryl methyl sites for hydroxylation is 1. The zero-order chi connectivity index (χ0) is 14.8. The summed E-state index contributed by atoms with van der Waals surface area (Å²) in [7, 11) is 1.80. The first-order valence-electron chi connectivity index (χ1n) is 7.88. The van der Waals surface area contributed by atoms with Gasteiger partial charge in [-0.25, -0.2) is 0 Å². The van der Waals surface area contributed by atoms with Crippen LogP contribution in [0.3, 0.4) is 0 Å². The highest BCUT2D eigenvalue weighted by Crippen LogP contribution is 2.28. The number of guanidine groups is 1. The number of aromatic nitrogens is 2. The molecule has 1 aliphatic rings. The molecule has 7 heteroatoms. The first kappa shape index (κ1) is 19.2. The van der Waals surface area contributed by atoms with Crippen LogP contribution in [0.2, 0.25) is 0 Å². The Morgan fingerprint density at radius 1 is 1.32 bits per heavy atom. The van der Waals surface area contributed by atoms with Crippen LogP contribution in [0.5, 0.6) is 0 Å². The van der Waals surface area contributed by atoms with Crippen molar-refractivity contribution in [3.8, 4) is 0 Å². The number of nitrogens with one attached hydrogen (secondary N) is 2. The molecule has 22 heavy (non-hydrogen) atoms. The van der Waals surface area contributed by atoms with Crippen LogP contribution in [0.1, 0.15) is 25.7 Å². The van der Waals surface area contributed by atoms with Gasteiger partial charge in [0.15, 0.2) is 5.96 Å². The molecule has 1 fully saturated rings. The van der Waals surface area contributed by atoms with Crippen molar-refractivity contribution in [3.05, 3.63) is 18.5 Å². The fourth-order valence-electron chi connectivity index (χ4n) is 2.02. The van der Waals surface area contributed by atoms with Gasteiger partial charge in [-0.05, 0) is 37.7 Å². The maximum absolute atomic E-state index is 5.60. The number of rotatable bonds is 10. The minimum atomic E-state index is 0. The summed E-state index contributed by atoms with van der Waals surface area (Å²) >= 11 is 0. The fraction of sp³-hybridized carbons (Fsp3) is 0.733. The van der Waals surface area contributed by atoms with Gasteiger partial charge in [0.2, 0.25) is 0 Å². The molecule has 1 heterocycles. The number of halogens is 1. The normalized spacial score (nSPS) is 14.5. The summed E-state index contributed by atoms with van der Waals surface area (Å²) in [6.07, 6.45) is 8.53. The third kappa shape index (κ3) is 8.57. The van der Waals surface area contributed by atoms with Crippen LogP contribution in [0.15, 0.2) is 23.5 Å². The van der Waals surface area contributed by atoms with E-state index in [2.05, 4.69) is 20.7 Å². The number of aliphatic imine (C=N–C) groups is 1. The molecule has 2 rings (SSSR count). The molecule has 0 spiro atoms. The Morgan fingerprint density at radius 3 is 2.73 bits per heavy atom. The molecule has 0 unspecified atom stereocenters. The zero-order valence-corrected chi connectivity index (χ0v) is 15.7. The van der Waals surface area contributed by atoms with E-state index in [9.17, 15) is 0 Å². The molecule has 1 aliphatic carbocycles. The maximum atomic E-state index is 5.60. The van der Waals surface area contributed by atoms with Crippen molar-refractivity contribution >= 4 is 29.9 Å². The molecule has 0 atom stereocenters. The largest absolute Gasteiger partial charge is 0.381 e. The lowest BCUT2D eigenvalue weighted by atomic mass is 10.4. The van der Waals surface area contributed by atoms with Gasteiger partial charge in [0, 0.05) is 52.3 Å². The third-order valence-corrected chi connectivity index (χ3v) is 3.45. The molecule has 2 N–H and O–H groups in total. The van der Waals surface area contributed by atoms with E-state index in [4.69, 9.17) is 4.74 Å². The minimum absolute atomic E-state index is 0. The van der Waals surface area contributed by atoms with E-state index >= 15 is 0 Å². The summed E-state index contributed by atoms with van der Waals surface area (Å²) in [5, 5.41) is 10.8. The smallest absolute Gasteiger partial charge is 0.190 e. The predicted molar refractivity (Wildman–Crippen MR) is 99.8 cm³/mol. The summed E-state index contributed by atoms with van der Waals surface area (Å²) < 4.78 is 7.54. The quantitative estimate of drug-likeness (QED) is 0.262. The molecule has 0 amide bonds. The second kappa shape index (κ2) is 11.7. The average molecular weight is 421 g/mol. The highest BCUT2D eigenvalue weighted by molar-refractivity contribution is 14.0. The van der Waals surface area contributed by atoms with Crippen LogP contribution in [0.4, 0.5) is 0 Å². The lowest BCUT2D eigenvalue weighted by Gasteiger charge is -2.12. The average Bonchev–Trinajstić information content (AvgIpc) is 3.18. The van der Waals surface area contributed by atoms with E-state index in [1.54, 1.807) is 13.2 Å². The van der Waals surface area contributed by atoms with Crippen molar-refractivity contribution in [1.82, 2.24) is 20.4 Å². The van der Waals surface area contributed by atoms with Gasteiger partial charge in [0.25, 0.3) is 0 Å². The Labute approximate surface area is 150 Å². The number of hydrogen-bond acceptors (Lipinski definition) is 3. The molecular weight excluding hydrogens is 393 g/mol. The monoisotopic (exact) mass is 421 g/mol.